The molecule has 0 spiro atoms. The Morgan fingerprint density at radius 3 is 2.76 bits per heavy atom. The van der Waals surface area contributed by atoms with Crippen molar-refractivity contribution < 1.29 is 8.73 Å². The molecule has 0 amide bonds. The van der Waals surface area contributed by atoms with Crippen LogP contribution in [-0.2, 0) is 22.3 Å². The van der Waals surface area contributed by atoms with E-state index in [2.05, 4.69) is 10.1 Å². The second-order valence-electron chi connectivity index (χ2n) is 4.63. The SMILES string of the molecule is Cc1nc(C[S@@](=O)Cc2cc(-c3ccccc3)no2)cs1. The Morgan fingerprint density at radius 1 is 1.24 bits per heavy atom. The smallest absolute Gasteiger partial charge is 0.149 e. The molecule has 0 radical (unpaired) electrons. The van der Waals surface area contributed by atoms with Crippen molar-refractivity contribution in [2.45, 2.75) is 18.4 Å². The highest BCUT2D eigenvalue weighted by Gasteiger charge is 2.11. The number of aromatic nitrogens is 2. The highest BCUT2D eigenvalue weighted by atomic mass is 32.2. The van der Waals surface area contributed by atoms with E-state index in [-0.39, 0.29) is 0 Å². The Balaban J connectivity index is 1.66. The van der Waals surface area contributed by atoms with Crippen LogP contribution in [0.15, 0.2) is 46.3 Å². The number of hydrogen-bond acceptors (Lipinski definition) is 5. The minimum atomic E-state index is -1.04. The molecule has 0 saturated carbocycles. The summed E-state index contributed by atoms with van der Waals surface area (Å²) in [5, 5.41) is 6.97. The van der Waals surface area contributed by atoms with Crippen molar-refractivity contribution in [3.8, 4) is 11.3 Å². The quantitative estimate of drug-likeness (QED) is 0.722. The minimum absolute atomic E-state index is 0.358. The first kappa shape index (κ1) is 14.2. The summed E-state index contributed by atoms with van der Waals surface area (Å²) in [6, 6.07) is 11.6. The van der Waals surface area contributed by atoms with Crippen molar-refractivity contribution in [1.82, 2.24) is 10.1 Å². The summed E-state index contributed by atoms with van der Waals surface area (Å²) in [5.41, 5.74) is 2.64. The summed E-state index contributed by atoms with van der Waals surface area (Å²) in [7, 11) is -1.04. The first-order chi connectivity index (χ1) is 10.2. The molecule has 0 aliphatic carbocycles. The van der Waals surface area contributed by atoms with Crippen LogP contribution >= 0.6 is 11.3 Å². The second-order valence-corrected chi connectivity index (χ2v) is 7.15. The Labute approximate surface area is 129 Å². The van der Waals surface area contributed by atoms with Gasteiger partial charge in [0.25, 0.3) is 0 Å². The van der Waals surface area contributed by atoms with Crippen LogP contribution < -0.4 is 0 Å². The molecule has 2 aromatic heterocycles. The maximum absolute atomic E-state index is 12.1. The molecular formula is C15H14N2O2S2. The van der Waals surface area contributed by atoms with Gasteiger partial charge >= 0.3 is 0 Å². The Hall–Kier alpha value is -1.79. The van der Waals surface area contributed by atoms with Gasteiger partial charge in [0, 0.05) is 27.8 Å². The van der Waals surface area contributed by atoms with E-state index >= 15 is 0 Å². The van der Waals surface area contributed by atoms with E-state index in [1.807, 2.05) is 48.7 Å². The number of aryl methyl sites for hydroxylation is 1. The van der Waals surface area contributed by atoms with Gasteiger partial charge in [-0.3, -0.25) is 4.21 Å². The average molecular weight is 318 g/mol. The lowest BCUT2D eigenvalue weighted by Crippen LogP contribution is -1.99. The first-order valence-corrected chi connectivity index (χ1v) is 8.84. The molecule has 0 N–H and O–H groups in total. The van der Waals surface area contributed by atoms with Crippen molar-refractivity contribution in [2.24, 2.45) is 0 Å². The third-order valence-electron chi connectivity index (χ3n) is 2.91. The normalized spacial score (nSPS) is 12.4. The molecule has 4 nitrogen and oxygen atoms in total. The third kappa shape index (κ3) is 3.65. The molecular weight excluding hydrogens is 304 g/mol. The monoisotopic (exact) mass is 318 g/mol. The van der Waals surface area contributed by atoms with E-state index in [1.54, 1.807) is 11.3 Å². The van der Waals surface area contributed by atoms with Crippen LogP contribution in [0, 0.1) is 6.92 Å². The Bertz CT molecular complexity index is 750. The van der Waals surface area contributed by atoms with Crippen molar-refractivity contribution in [1.29, 1.82) is 0 Å². The van der Waals surface area contributed by atoms with Gasteiger partial charge in [-0.05, 0) is 6.92 Å². The van der Waals surface area contributed by atoms with E-state index in [9.17, 15) is 4.21 Å². The van der Waals surface area contributed by atoms with E-state index in [0.29, 0.717) is 17.3 Å². The van der Waals surface area contributed by atoms with Gasteiger partial charge in [-0.1, -0.05) is 35.5 Å². The van der Waals surface area contributed by atoms with Crippen LogP contribution in [0.1, 0.15) is 16.5 Å². The summed E-state index contributed by atoms with van der Waals surface area (Å²) in [6.45, 7) is 1.94. The highest BCUT2D eigenvalue weighted by molar-refractivity contribution is 7.83. The van der Waals surface area contributed by atoms with E-state index < -0.39 is 10.8 Å². The Morgan fingerprint density at radius 2 is 2.05 bits per heavy atom. The lowest BCUT2D eigenvalue weighted by atomic mass is 10.1. The summed E-state index contributed by atoms with van der Waals surface area (Å²) in [5.74, 6) is 1.45. The van der Waals surface area contributed by atoms with Gasteiger partial charge in [-0.2, -0.15) is 0 Å². The van der Waals surface area contributed by atoms with E-state index in [1.165, 1.54) is 0 Å². The summed E-state index contributed by atoms with van der Waals surface area (Å²) < 4.78 is 17.4. The molecule has 1 atom stereocenters. The molecule has 1 aromatic carbocycles. The molecule has 3 rings (SSSR count). The molecule has 108 valence electrons. The number of hydrogen-bond donors (Lipinski definition) is 0. The van der Waals surface area contributed by atoms with Gasteiger partial charge in [0.1, 0.15) is 11.5 Å². The second kappa shape index (κ2) is 6.32. The predicted octanol–water partition coefficient (Wildman–Crippen LogP) is 3.56. The minimum Gasteiger partial charge on any atom is -0.360 e. The van der Waals surface area contributed by atoms with Crippen molar-refractivity contribution in [2.75, 3.05) is 0 Å². The highest BCUT2D eigenvalue weighted by Crippen LogP contribution is 2.20. The van der Waals surface area contributed by atoms with Gasteiger partial charge in [0.2, 0.25) is 0 Å². The van der Waals surface area contributed by atoms with Crippen molar-refractivity contribution in [3.05, 3.63) is 58.2 Å². The molecule has 6 heteroatoms. The van der Waals surface area contributed by atoms with Gasteiger partial charge in [0.05, 0.1) is 22.2 Å². The molecule has 3 aromatic rings. The standard InChI is InChI=1S/C15H14N2O2S2/c1-11-16-13(8-20-11)9-21(18)10-14-7-15(17-19-14)12-5-3-2-4-6-12/h2-8H,9-10H2,1H3/t21-/m1/s1. The first-order valence-electron chi connectivity index (χ1n) is 6.48. The molecule has 2 heterocycles. The van der Waals surface area contributed by atoms with Crippen LogP contribution in [0.3, 0.4) is 0 Å². The van der Waals surface area contributed by atoms with Gasteiger partial charge in [-0.15, -0.1) is 11.3 Å². The van der Waals surface area contributed by atoms with Gasteiger partial charge in [-0.25, -0.2) is 4.98 Å². The molecule has 0 aliphatic heterocycles. The fourth-order valence-electron chi connectivity index (χ4n) is 1.98. The van der Waals surface area contributed by atoms with E-state index in [0.717, 1.165) is 22.0 Å². The lowest BCUT2D eigenvalue weighted by molar-refractivity contribution is 0.396. The van der Waals surface area contributed by atoms with Crippen LogP contribution in [0.4, 0.5) is 0 Å². The summed E-state index contributed by atoms with van der Waals surface area (Å²) in [4.78, 5) is 4.32. The maximum atomic E-state index is 12.1. The number of benzene rings is 1. The zero-order chi connectivity index (χ0) is 14.7. The Kier molecular flexibility index (Phi) is 4.26. The fraction of sp³-hybridized carbons (Fsp3) is 0.200. The average Bonchev–Trinajstić information content (AvgIpc) is 3.09. The number of nitrogens with zero attached hydrogens (tertiary/aromatic N) is 2. The van der Waals surface area contributed by atoms with Gasteiger partial charge < -0.3 is 4.52 Å². The lowest BCUT2D eigenvalue weighted by Gasteiger charge is -1.96. The number of thiazole rings is 1. The predicted molar refractivity (Wildman–Crippen MR) is 84.3 cm³/mol. The van der Waals surface area contributed by atoms with Crippen molar-refractivity contribution in [3.63, 3.8) is 0 Å². The van der Waals surface area contributed by atoms with Gasteiger partial charge in [0.15, 0.2) is 0 Å². The molecule has 0 bridgehead atoms. The fourth-order valence-corrected chi connectivity index (χ4v) is 3.73. The van der Waals surface area contributed by atoms with Crippen LogP contribution in [0.5, 0.6) is 0 Å². The maximum Gasteiger partial charge on any atom is 0.149 e. The van der Waals surface area contributed by atoms with Crippen LogP contribution in [-0.4, -0.2) is 14.3 Å². The third-order valence-corrected chi connectivity index (χ3v) is 4.95. The topological polar surface area (TPSA) is 56.0 Å². The molecule has 21 heavy (non-hydrogen) atoms. The van der Waals surface area contributed by atoms with E-state index in [4.69, 9.17) is 4.52 Å². The number of rotatable bonds is 5. The zero-order valence-corrected chi connectivity index (χ0v) is 13.1. The molecule has 0 aliphatic rings. The van der Waals surface area contributed by atoms with Crippen molar-refractivity contribution >= 4 is 22.1 Å². The van der Waals surface area contributed by atoms with Crippen LogP contribution in [0.2, 0.25) is 0 Å². The molecule has 0 saturated heterocycles. The summed E-state index contributed by atoms with van der Waals surface area (Å²) >= 11 is 1.57. The van der Waals surface area contributed by atoms with Crippen LogP contribution in [0.25, 0.3) is 11.3 Å². The summed E-state index contributed by atoms with van der Waals surface area (Å²) in [6.07, 6.45) is 0. The largest absolute Gasteiger partial charge is 0.360 e. The molecule has 0 unspecified atom stereocenters. The molecule has 0 fully saturated rings. The zero-order valence-electron chi connectivity index (χ0n) is 11.5.